The molecule has 1 aromatic carbocycles. The van der Waals surface area contributed by atoms with Gasteiger partial charge < -0.3 is 9.80 Å². The Morgan fingerprint density at radius 1 is 1.16 bits per heavy atom. The van der Waals surface area contributed by atoms with E-state index in [4.69, 9.17) is 0 Å². The number of fused-ring (bicyclic) bond motifs is 1. The molecule has 2 amide bonds. The van der Waals surface area contributed by atoms with E-state index in [0.717, 1.165) is 30.7 Å². The first-order valence-electron chi connectivity index (χ1n) is 9.58. The molecule has 1 aromatic rings. The van der Waals surface area contributed by atoms with Crippen LogP contribution in [0.15, 0.2) is 24.3 Å². The Kier molecular flexibility index (Phi) is 5.45. The molecule has 1 atom stereocenters. The maximum absolute atomic E-state index is 13.0. The molecular formula is C21H30N2O2. The van der Waals surface area contributed by atoms with Crippen molar-refractivity contribution in [3.8, 4) is 0 Å². The molecule has 0 radical (unpaired) electrons. The fourth-order valence-corrected chi connectivity index (χ4v) is 4.39. The molecule has 136 valence electrons. The van der Waals surface area contributed by atoms with Crippen molar-refractivity contribution in [1.82, 2.24) is 9.80 Å². The minimum Gasteiger partial charge on any atom is -0.343 e. The monoisotopic (exact) mass is 342 g/mol. The topological polar surface area (TPSA) is 40.6 Å². The zero-order valence-electron chi connectivity index (χ0n) is 15.7. The van der Waals surface area contributed by atoms with Gasteiger partial charge in [-0.05, 0) is 49.1 Å². The molecule has 1 aliphatic heterocycles. The largest absolute Gasteiger partial charge is 0.343 e. The van der Waals surface area contributed by atoms with Crippen molar-refractivity contribution in [2.75, 3.05) is 13.6 Å². The van der Waals surface area contributed by atoms with Gasteiger partial charge in [0, 0.05) is 26.6 Å². The Bertz CT molecular complexity index is 635. The molecule has 0 aromatic heterocycles. The van der Waals surface area contributed by atoms with Crippen LogP contribution in [0.2, 0.25) is 0 Å². The minimum absolute atomic E-state index is 0.0569. The van der Waals surface area contributed by atoms with Gasteiger partial charge in [-0.3, -0.25) is 9.59 Å². The molecule has 0 N–H and O–H groups in total. The normalized spacial score (nSPS) is 26.0. The summed E-state index contributed by atoms with van der Waals surface area (Å²) < 4.78 is 0. The summed E-state index contributed by atoms with van der Waals surface area (Å²) in [4.78, 5) is 28.9. The van der Waals surface area contributed by atoms with Crippen molar-refractivity contribution in [3.63, 3.8) is 0 Å². The predicted molar refractivity (Wildman–Crippen MR) is 99.1 cm³/mol. The summed E-state index contributed by atoms with van der Waals surface area (Å²) in [6.45, 7) is 4.61. The van der Waals surface area contributed by atoms with Crippen LogP contribution in [-0.4, -0.2) is 41.2 Å². The number of carbonyl (C=O) groups excluding carboxylic acids is 2. The van der Waals surface area contributed by atoms with Gasteiger partial charge in [-0.25, -0.2) is 0 Å². The Morgan fingerprint density at radius 3 is 2.52 bits per heavy atom. The second-order valence-electron chi connectivity index (χ2n) is 7.80. The molecule has 4 heteroatoms. The van der Waals surface area contributed by atoms with Gasteiger partial charge in [0.05, 0.1) is 12.5 Å². The number of hydrogen-bond donors (Lipinski definition) is 0. The average Bonchev–Trinajstić information content (AvgIpc) is 2.61. The Hall–Kier alpha value is -1.84. The van der Waals surface area contributed by atoms with E-state index in [0.29, 0.717) is 19.0 Å². The van der Waals surface area contributed by atoms with Gasteiger partial charge in [0.15, 0.2) is 0 Å². The molecule has 1 heterocycles. The third kappa shape index (κ3) is 3.88. The molecule has 1 aliphatic carbocycles. The van der Waals surface area contributed by atoms with Crippen LogP contribution in [0.1, 0.15) is 63.1 Å². The van der Waals surface area contributed by atoms with E-state index in [1.54, 1.807) is 6.92 Å². The van der Waals surface area contributed by atoms with Gasteiger partial charge in [-0.2, -0.15) is 0 Å². The summed E-state index contributed by atoms with van der Waals surface area (Å²) in [5.41, 5.74) is 2.41. The summed E-state index contributed by atoms with van der Waals surface area (Å²) in [5.74, 6) is 0.993. The molecule has 0 saturated heterocycles. The lowest BCUT2D eigenvalue weighted by Crippen LogP contribution is -2.44. The first kappa shape index (κ1) is 18.0. The van der Waals surface area contributed by atoms with E-state index in [1.807, 2.05) is 29.0 Å². The molecule has 25 heavy (non-hydrogen) atoms. The fourth-order valence-electron chi connectivity index (χ4n) is 4.39. The molecule has 0 spiro atoms. The Labute approximate surface area is 151 Å². The summed E-state index contributed by atoms with van der Waals surface area (Å²) in [5, 5.41) is 0. The molecule has 1 fully saturated rings. The van der Waals surface area contributed by atoms with Gasteiger partial charge in [0.1, 0.15) is 0 Å². The molecule has 1 saturated carbocycles. The van der Waals surface area contributed by atoms with Gasteiger partial charge in [-0.15, -0.1) is 0 Å². The highest BCUT2D eigenvalue weighted by molar-refractivity contribution is 5.80. The predicted octanol–water partition coefficient (Wildman–Crippen LogP) is 3.56. The van der Waals surface area contributed by atoms with Crippen molar-refractivity contribution in [2.45, 2.75) is 64.5 Å². The second kappa shape index (κ2) is 7.59. The Morgan fingerprint density at radius 2 is 1.84 bits per heavy atom. The number of carbonyl (C=O) groups is 2. The lowest BCUT2D eigenvalue weighted by molar-refractivity contribution is -0.137. The smallest absolute Gasteiger partial charge is 0.224 e. The lowest BCUT2D eigenvalue weighted by atomic mass is 9.86. The van der Waals surface area contributed by atoms with E-state index in [9.17, 15) is 9.59 Å². The highest BCUT2D eigenvalue weighted by Crippen LogP contribution is 2.34. The third-order valence-electron chi connectivity index (χ3n) is 6.11. The fraction of sp³-hybridized carbons (Fsp3) is 0.619. The van der Waals surface area contributed by atoms with Crippen molar-refractivity contribution in [1.29, 1.82) is 0 Å². The molecule has 2 aliphatic rings. The highest BCUT2D eigenvalue weighted by Gasteiger charge is 2.33. The second-order valence-corrected chi connectivity index (χ2v) is 7.80. The number of hydrogen-bond acceptors (Lipinski definition) is 2. The third-order valence-corrected chi connectivity index (χ3v) is 6.11. The van der Waals surface area contributed by atoms with Crippen LogP contribution < -0.4 is 0 Å². The van der Waals surface area contributed by atoms with Crippen LogP contribution in [-0.2, 0) is 16.0 Å². The van der Waals surface area contributed by atoms with E-state index < -0.39 is 0 Å². The summed E-state index contributed by atoms with van der Waals surface area (Å²) >= 11 is 0. The van der Waals surface area contributed by atoms with E-state index in [-0.39, 0.29) is 17.9 Å². The zero-order valence-corrected chi connectivity index (χ0v) is 15.7. The number of benzene rings is 1. The number of nitrogens with zero attached hydrogens (tertiary/aromatic N) is 2. The van der Waals surface area contributed by atoms with Gasteiger partial charge in [0.25, 0.3) is 0 Å². The molecular weight excluding hydrogens is 312 g/mol. The molecule has 0 bridgehead atoms. The van der Waals surface area contributed by atoms with Crippen molar-refractivity contribution in [2.24, 2.45) is 5.92 Å². The molecule has 1 unspecified atom stereocenters. The average molecular weight is 342 g/mol. The molecule has 3 rings (SSSR count). The first-order valence-corrected chi connectivity index (χ1v) is 9.58. The van der Waals surface area contributed by atoms with Crippen LogP contribution in [0.4, 0.5) is 0 Å². The van der Waals surface area contributed by atoms with Crippen LogP contribution >= 0.6 is 0 Å². The minimum atomic E-state index is -0.125. The molecule has 4 nitrogen and oxygen atoms in total. The van der Waals surface area contributed by atoms with E-state index >= 15 is 0 Å². The SMILES string of the molecule is CC(=O)N1CCc2ccccc2C1CC(=O)N(C)C1CCC(C)CC1. The van der Waals surface area contributed by atoms with Crippen LogP contribution in [0.3, 0.4) is 0 Å². The van der Waals surface area contributed by atoms with E-state index in [2.05, 4.69) is 19.1 Å². The first-order chi connectivity index (χ1) is 12.0. The highest BCUT2D eigenvalue weighted by atomic mass is 16.2. The van der Waals surface area contributed by atoms with Gasteiger partial charge in [0.2, 0.25) is 11.8 Å². The summed E-state index contributed by atoms with van der Waals surface area (Å²) in [7, 11) is 1.94. The van der Waals surface area contributed by atoms with Crippen LogP contribution in [0.5, 0.6) is 0 Å². The number of amides is 2. The van der Waals surface area contributed by atoms with Crippen molar-refractivity contribution in [3.05, 3.63) is 35.4 Å². The van der Waals surface area contributed by atoms with Gasteiger partial charge in [-0.1, -0.05) is 31.2 Å². The van der Waals surface area contributed by atoms with Crippen LogP contribution in [0, 0.1) is 5.92 Å². The van der Waals surface area contributed by atoms with E-state index in [1.165, 1.54) is 18.4 Å². The lowest BCUT2D eigenvalue weighted by Gasteiger charge is -2.39. The maximum Gasteiger partial charge on any atom is 0.224 e. The quantitative estimate of drug-likeness (QED) is 0.843. The van der Waals surface area contributed by atoms with Crippen molar-refractivity contribution >= 4 is 11.8 Å². The maximum atomic E-state index is 13.0. The number of rotatable bonds is 3. The Balaban J connectivity index is 1.74. The summed E-state index contributed by atoms with van der Waals surface area (Å²) in [6.07, 6.45) is 5.86. The summed E-state index contributed by atoms with van der Waals surface area (Å²) in [6, 6.07) is 8.47. The standard InChI is InChI=1S/C21H30N2O2/c1-15-8-10-18(11-9-15)22(3)21(25)14-20-19-7-5-4-6-17(19)12-13-23(20)16(2)24/h4-7,15,18,20H,8-14H2,1-3H3. The van der Waals surface area contributed by atoms with Crippen molar-refractivity contribution < 1.29 is 9.59 Å². The zero-order chi connectivity index (χ0) is 18.0. The van der Waals surface area contributed by atoms with Crippen LogP contribution in [0.25, 0.3) is 0 Å². The van der Waals surface area contributed by atoms with Gasteiger partial charge >= 0.3 is 0 Å².